The molecule has 3 aromatic carbocycles. The Hall–Kier alpha value is -11.0. The Bertz CT molecular complexity index is 4650. The zero-order valence-electron chi connectivity index (χ0n) is 62.5. The van der Waals surface area contributed by atoms with Crippen LogP contribution in [0.1, 0.15) is 130 Å². The van der Waals surface area contributed by atoms with Gasteiger partial charge in [0.25, 0.3) is 17.7 Å². The maximum Gasteiger partial charge on any atom is 0.416 e. The Morgan fingerprint density at radius 2 is 1.50 bits per heavy atom. The van der Waals surface area contributed by atoms with Crippen molar-refractivity contribution in [3.63, 3.8) is 0 Å². The number of hydrogen-bond donors (Lipinski definition) is 5. The molecule has 5 N–H and O–H groups in total. The van der Waals surface area contributed by atoms with Crippen LogP contribution in [0.4, 0.5) is 22.0 Å². The van der Waals surface area contributed by atoms with Gasteiger partial charge in [-0.1, -0.05) is 50.3 Å². The molecule has 30 nitrogen and oxygen atoms in total. The number of likely N-dealkylation sites (tertiary alicyclic amines) is 1. The topological polar surface area (TPSA) is 362 Å². The number of ether oxygens (including phenoxy) is 5. The van der Waals surface area contributed by atoms with Gasteiger partial charge in [-0.25, -0.2) is 14.7 Å². The average molecular weight is 1520 g/mol. The quantitative estimate of drug-likeness (QED) is 0.0114. The zero-order chi connectivity index (χ0) is 78.5. The third kappa shape index (κ3) is 19.8. The molecule has 2 saturated heterocycles. The number of ketones is 3. The molecule has 4 aromatic heterocycles. The van der Waals surface area contributed by atoms with Crippen LogP contribution in [0.15, 0.2) is 110 Å². The highest BCUT2D eigenvalue weighted by molar-refractivity contribution is 8.00. The van der Waals surface area contributed by atoms with E-state index >= 15 is 0 Å². The number of aromatic nitrogens is 5. The number of nitrogens with one attached hydrogen (secondary N) is 4. The molecule has 2 fully saturated rings. The summed E-state index contributed by atoms with van der Waals surface area (Å²) in [6.07, 6.45) is 6.11. The molecule has 7 aromatic rings. The summed E-state index contributed by atoms with van der Waals surface area (Å²) in [6.45, 7) is 11.9. The van der Waals surface area contributed by atoms with Crippen molar-refractivity contribution >= 4 is 111 Å². The van der Waals surface area contributed by atoms with Crippen LogP contribution in [0.2, 0.25) is 0 Å². The number of anilines is 3. The summed E-state index contributed by atoms with van der Waals surface area (Å²) in [5.74, 6) is -3.55. The van der Waals surface area contributed by atoms with Crippen LogP contribution in [0.25, 0.3) is 10.9 Å². The molecular formula is C78H92N12O18S. The standard InChI is InChI=1S/C78H92N12O18S/c1-45(2)56(37-54(91)21-26-105-28-29-106-27-22-79-68(94)20-24-88-70(96)39-66(109-10)77(88)102)72(97)80-48(5)63(92)33-49-13-15-50(16-14-49)44-108-78(103)90-59-38-65(47(4)31-57(59)74(99)89-40-46(3)30-62(89)76(90)101)107-25-11-12-69(95)82-67-43-86(8)71(83-67)64(93)34-51-32-60(84(6)41-51)73(98)81-53-36-61(85(7)42-53)75(100)87-23-19-52-35-55(104-9)17-18-58(52)87/h13-19,23,31-32,35-36,38,41-43,45,48,56,62,66,76,101H,3,11-12,20-22,24-30,33-34,37,39-40,44H2,1-2,4-10H3,(H,79,94)(H,80,97)(H,81,98)(H,82,95)/t48-,56-,62-,66?,76?/m0/s1. The summed E-state index contributed by atoms with van der Waals surface area (Å²) in [7, 11) is 6.57. The van der Waals surface area contributed by atoms with Gasteiger partial charge in [-0.3, -0.25) is 62.2 Å². The summed E-state index contributed by atoms with van der Waals surface area (Å²) in [6, 6.07) is 18.5. The molecule has 31 heteroatoms. The molecule has 3 aliphatic heterocycles. The van der Waals surface area contributed by atoms with Gasteiger partial charge >= 0.3 is 6.09 Å². The molecule has 0 radical (unpaired) electrons. The number of hydrogen-bond acceptors (Lipinski definition) is 20. The van der Waals surface area contributed by atoms with Crippen molar-refractivity contribution in [2.45, 2.75) is 116 Å². The lowest BCUT2D eigenvalue weighted by Gasteiger charge is -2.31. The fourth-order valence-corrected chi connectivity index (χ4v) is 13.9. The van der Waals surface area contributed by atoms with Gasteiger partial charge in [-0.05, 0) is 104 Å². The average Bonchev–Trinajstić information content (AvgIpc) is 1.62. The lowest BCUT2D eigenvalue weighted by atomic mass is 9.88. The minimum absolute atomic E-state index is 0.00684. The summed E-state index contributed by atoms with van der Waals surface area (Å²) in [5, 5.41) is 23.5. The number of aliphatic hydroxyl groups is 1. The number of aliphatic hydroxyl groups excluding tert-OH is 1. The number of rotatable bonds is 36. The van der Waals surface area contributed by atoms with Gasteiger partial charge in [0.2, 0.25) is 35.3 Å². The van der Waals surface area contributed by atoms with E-state index < -0.39 is 59.2 Å². The fraction of sp³-hybridized carbons (Fsp3) is 0.423. The Kier molecular flexibility index (Phi) is 26.8. The first-order chi connectivity index (χ1) is 52.1. The van der Waals surface area contributed by atoms with Gasteiger partial charge < -0.3 is 68.7 Å². The predicted octanol–water partition coefficient (Wildman–Crippen LogP) is 7.05. The molecule has 3 aliphatic rings. The van der Waals surface area contributed by atoms with Crippen LogP contribution in [0.5, 0.6) is 11.5 Å². The number of methoxy groups -OCH3 is 1. The molecule has 0 spiro atoms. The number of imide groups is 1. The van der Waals surface area contributed by atoms with Crippen molar-refractivity contribution in [1.29, 1.82) is 0 Å². The minimum Gasteiger partial charge on any atom is -0.497 e. The lowest BCUT2D eigenvalue weighted by Crippen LogP contribution is -2.50. The Morgan fingerprint density at radius 3 is 2.22 bits per heavy atom. The second kappa shape index (κ2) is 36.3. The van der Waals surface area contributed by atoms with Crippen molar-refractivity contribution in [3.05, 3.63) is 155 Å². The van der Waals surface area contributed by atoms with E-state index in [0.717, 1.165) is 15.2 Å². The highest BCUT2D eigenvalue weighted by Gasteiger charge is 2.46. The number of Topliss-reactive ketones (excluding diaryl/α,β-unsaturated/α-hetero) is 3. The molecule has 0 bridgehead atoms. The number of carbonyl (C=O) groups excluding carboxylic acids is 12. The Balaban J connectivity index is 0.651. The maximum absolute atomic E-state index is 14.3. The number of amides is 8. The first-order valence-electron chi connectivity index (χ1n) is 35.9. The van der Waals surface area contributed by atoms with Gasteiger partial charge in [0.1, 0.15) is 35.3 Å². The molecule has 109 heavy (non-hydrogen) atoms. The summed E-state index contributed by atoms with van der Waals surface area (Å²) < 4.78 is 34.6. The fourth-order valence-electron chi connectivity index (χ4n) is 13.3. The number of fused-ring (bicyclic) bond motifs is 3. The first kappa shape index (κ1) is 80.5. The van der Waals surface area contributed by atoms with Crippen LogP contribution in [-0.2, 0) is 88.4 Å². The maximum atomic E-state index is 14.3. The van der Waals surface area contributed by atoms with Crippen molar-refractivity contribution in [2.75, 3.05) is 81.6 Å². The van der Waals surface area contributed by atoms with Crippen molar-refractivity contribution in [2.24, 2.45) is 33.0 Å². The Labute approximate surface area is 634 Å². The van der Waals surface area contributed by atoms with Gasteiger partial charge in [0.15, 0.2) is 23.7 Å². The monoisotopic (exact) mass is 1520 g/mol. The minimum atomic E-state index is -1.56. The van der Waals surface area contributed by atoms with E-state index in [-0.39, 0.29) is 198 Å². The third-order valence-corrected chi connectivity index (χ3v) is 20.2. The van der Waals surface area contributed by atoms with E-state index in [2.05, 4.69) is 32.8 Å². The normalized spacial score (nSPS) is 16.1. The summed E-state index contributed by atoms with van der Waals surface area (Å²) >= 11 is 1.31. The lowest BCUT2D eigenvalue weighted by molar-refractivity contribution is -0.138. The van der Waals surface area contributed by atoms with Crippen LogP contribution in [-0.4, -0.2) is 198 Å². The molecule has 0 saturated carbocycles. The van der Waals surface area contributed by atoms with E-state index in [4.69, 9.17) is 23.7 Å². The van der Waals surface area contributed by atoms with Crippen molar-refractivity contribution < 1.29 is 86.3 Å². The SMILES string of the molecule is C=C1C[C@H]2C(O)N(C(=O)OCc3ccc(CC(=O)[C@H](C)NC(=O)[C@@H](CC(=O)CCOCCOCCNC(=O)CCN4C(=O)CC(SC)C4=O)C(C)C)cc3)c3cc(OCCCC(=O)Nc4cn(C)c(C(=O)Cc5cc(C(=O)Nc6cc(C(=O)n7ccc8cc(OC)ccc87)n(C)c6)n(C)c5)n4)c(C)cc3C(=O)N2C1. The number of benzene rings is 3. The number of carbonyl (C=O) groups is 12. The van der Waals surface area contributed by atoms with Crippen LogP contribution in [0, 0.1) is 18.8 Å². The molecule has 7 heterocycles. The molecule has 5 atom stereocenters. The molecule has 10 rings (SSSR count). The molecule has 578 valence electrons. The Morgan fingerprint density at radius 1 is 0.761 bits per heavy atom. The van der Waals surface area contributed by atoms with Crippen LogP contribution >= 0.6 is 11.8 Å². The van der Waals surface area contributed by atoms with E-state index in [1.807, 2.05) is 26.0 Å². The highest BCUT2D eigenvalue weighted by atomic mass is 32.2. The summed E-state index contributed by atoms with van der Waals surface area (Å²) in [4.78, 5) is 167. The van der Waals surface area contributed by atoms with Gasteiger partial charge in [0, 0.05) is 128 Å². The largest absolute Gasteiger partial charge is 0.497 e. The molecular weight excluding hydrogens is 1420 g/mol. The van der Waals surface area contributed by atoms with Crippen LogP contribution < -0.4 is 35.6 Å². The number of nitrogens with zero attached hydrogens (tertiary/aromatic N) is 8. The highest BCUT2D eigenvalue weighted by Crippen LogP contribution is 2.40. The summed E-state index contributed by atoms with van der Waals surface area (Å²) in [5.41, 5.74) is 4.75. The van der Waals surface area contributed by atoms with Crippen LogP contribution in [0.3, 0.4) is 0 Å². The number of imidazole rings is 1. The molecule has 2 unspecified atom stereocenters. The van der Waals surface area contributed by atoms with E-state index in [1.54, 1.807) is 131 Å². The second-order valence-electron chi connectivity index (χ2n) is 27.7. The predicted molar refractivity (Wildman–Crippen MR) is 403 cm³/mol. The number of aryl methyl sites for hydroxylation is 4. The molecule has 0 aliphatic carbocycles. The van der Waals surface area contributed by atoms with E-state index in [0.29, 0.717) is 50.5 Å². The third-order valence-electron chi connectivity index (χ3n) is 19.3. The van der Waals surface area contributed by atoms with Gasteiger partial charge in [0.05, 0.1) is 79.9 Å². The molecule has 8 amide bonds. The first-order valence-corrected chi connectivity index (χ1v) is 37.2. The smallest absolute Gasteiger partial charge is 0.416 e. The van der Waals surface area contributed by atoms with Crippen molar-refractivity contribution in [3.8, 4) is 11.5 Å². The van der Waals surface area contributed by atoms with Gasteiger partial charge in [-0.2, -0.15) is 11.8 Å². The second-order valence-corrected chi connectivity index (χ2v) is 28.7. The zero-order valence-corrected chi connectivity index (χ0v) is 63.3. The number of thioether (sulfide) groups is 1. The van der Waals surface area contributed by atoms with Crippen molar-refractivity contribution in [1.82, 2.24) is 43.7 Å². The van der Waals surface area contributed by atoms with Gasteiger partial charge in [-0.15, -0.1) is 0 Å². The van der Waals surface area contributed by atoms with E-state index in [9.17, 15) is 62.6 Å². The van der Waals surface area contributed by atoms with E-state index in [1.165, 1.54) is 38.1 Å².